The molecule has 2 aromatic rings. The van der Waals surface area contributed by atoms with Crippen molar-refractivity contribution in [2.45, 2.75) is 6.92 Å². The number of benzene rings is 2. The van der Waals surface area contributed by atoms with Crippen molar-refractivity contribution in [3.63, 3.8) is 0 Å². The van der Waals surface area contributed by atoms with Crippen molar-refractivity contribution in [2.24, 2.45) is 0 Å². The van der Waals surface area contributed by atoms with Gasteiger partial charge in [-0.05, 0) is 55.0 Å². The second-order valence-corrected chi connectivity index (χ2v) is 7.87. The van der Waals surface area contributed by atoms with Crippen LogP contribution in [-0.4, -0.2) is 33.7 Å². The predicted molar refractivity (Wildman–Crippen MR) is 97.1 cm³/mol. The van der Waals surface area contributed by atoms with Gasteiger partial charge in [0.05, 0.1) is 18.5 Å². The molecule has 2 aromatic carbocycles. The van der Waals surface area contributed by atoms with E-state index in [0.29, 0.717) is 21.8 Å². The van der Waals surface area contributed by atoms with Crippen LogP contribution >= 0.6 is 11.6 Å². The highest BCUT2D eigenvalue weighted by atomic mass is 35.5. The molecule has 1 N–H and O–H groups in total. The molecule has 0 aliphatic heterocycles. The standard InChI is InChI=1S/C17H18ClFN2O3S/c1-12-11-14(18)5-8-16(12)21(25(2,23)24)10-9-20-17(22)13-3-6-15(19)7-4-13/h3-8,11H,9-10H2,1-2H3,(H,20,22). The Balaban J connectivity index is 2.08. The molecule has 0 fully saturated rings. The normalized spacial score (nSPS) is 11.2. The minimum atomic E-state index is -3.53. The molecular weight excluding hydrogens is 367 g/mol. The zero-order valence-corrected chi connectivity index (χ0v) is 15.4. The Morgan fingerprint density at radius 1 is 1.20 bits per heavy atom. The first-order chi connectivity index (χ1) is 11.7. The van der Waals surface area contributed by atoms with E-state index in [0.717, 1.165) is 6.26 Å². The number of hydrogen-bond donors (Lipinski definition) is 1. The van der Waals surface area contributed by atoms with Crippen LogP contribution in [0.25, 0.3) is 0 Å². The van der Waals surface area contributed by atoms with Gasteiger partial charge in [0.25, 0.3) is 5.91 Å². The summed E-state index contributed by atoms with van der Waals surface area (Å²) in [6.45, 7) is 1.93. The average Bonchev–Trinajstić information content (AvgIpc) is 2.52. The molecule has 0 saturated carbocycles. The van der Waals surface area contributed by atoms with E-state index < -0.39 is 21.7 Å². The fraction of sp³-hybridized carbons (Fsp3) is 0.235. The summed E-state index contributed by atoms with van der Waals surface area (Å²) in [7, 11) is -3.53. The molecule has 0 heterocycles. The summed E-state index contributed by atoms with van der Waals surface area (Å²) in [4.78, 5) is 12.0. The van der Waals surface area contributed by atoms with Gasteiger partial charge in [-0.3, -0.25) is 9.10 Å². The first kappa shape index (κ1) is 19.2. The Kier molecular flexibility index (Phi) is 6.02. The summed E-state index contributed by atoms with van der Waals surface area (Å²) in [5, 5.41) is 3.14. The summed E-state index contributed by atoms with van der Waals surface area (Å²) in [5.74, 6) is -0.834. The third-order valence-electron chi connectivity index (χ3n) is 3.53. The van der Waals surface area contributed by atoms with Crippen molar-refractivity contribution in [1.29, 1.82) is 0 Å². The van der Waals surface area contributed by atoms with Gasteiger partial charge in [-0.1, -0.05) is 11.6 Å². The van der Waals surface area contributed by atoms with Crippen LogP contribution in [0.3, 0.4) is 0 Å². The smallest absolute Gasteiger partial charge is 0.251 e. The fourth-order valence-corrected chi connectivity index (χ4v) is 3.55. The Hall–Kier alpha value is -2.12. The van der Waals surface area contributed by atoms with Crippen LogP contribution in [0.2, 0.25) is 5.02 Å². The van der Waals surface area contributed by atoms with Gasteiger partial charge in [0.15, 0.2) is 0 Å². The molecule has 0 bridgehead atoms. The van der Waals surface area contributed by atoms with Crippen molar-refractivity contribution in [1.82, 2.24) is 5.32 Å². The maximum Gasteiger partial charge on any atom is 0.251 e. The SMILES string of the molecule is Cc1cc(Cl)ccc1N(CCNC(=O)c1ccc(F)cc1)S(C)(=O)=O. The Morgan fingerprint density at radius 2 is 1.84 bits per heavy atom. The molecule has 0 aliphatic carbocycles. The van der Waals surface area contributed by atoms with Crippen molar-refractivity contribution in [2.75, 3.05) is 23.7 Å². The highest BCUT2D eigenvalue weighted by Gasteiger charge is 2.19. The maximum absolute atomic E-state index is 12.9. The second kappa shape index (κ2) is 7.84. The molecule has 0 atom stereocenters. The lowest BCUT2D eigenvalue weighted by atomic mass is 10.2. The summed E-state index contributed by atoms with van der Waals surface area (Å²) in [6.07, 6.45) is 1.10. The van der Waals surface area contributed by atoms with Gasteiger partial charge in [-0.25, -0.2) is 12.8 Å². The number of sulfonamides is 1. The first-order valence-electron chi connectivity index (χ1n) is 7.46. The molecule has 25 heavy (non-hydrogen) atoms. The fourth-order valence-electron chi connectivity index (χ4n) is 2.34. The molecule has 0 radical (unpaired) electrons. The number of anilines is 1. The number of nitrogens with one attached hydrogen (secondary N) is 1. The number of hydrogen-bond acceptors (Lipinski definition) is 3. The molecule has 2 rings (SSSR count). The van der Waals surface area contributed by atoms with Gasteiger partial charge >= 0.3 is 0 Å². The van der Waals surface area contributed by atoms with Crippen LogP contribution in [-0.2, 0) is 10.0 Å². The monoisotopic (exact) mass is 384 g/mol. The van der Waals surface area contributed by atoms with Gasteiger partial charge < -0.3 is 5.32 Å². The molecule has 5 nitrogen and oxygen atoms in total. The lowest BCUT2D eigenvalue weighted by Gasteiger charge is -2.24. The quantitative estimate of drug-likeness (QED) is 0.832. The lowest BCUT2D eigenvalue weighted by molar-refractivity contribution is 0.0955. The summed E-state index contributed by atoms with van der Waals surface area (Å²) < 4.78 is 38.3. The Morgan fingerprint density at radius 3 is 2.40 bits per heavy atom. The van der Waals surface area contributed by atoms with E-state index in [4.69, 9.17) is 11.6 Å². The first-order valence-corrected chi connectivity index (χ1v) is 9.69. The molecule has 0 aromatic heterocycles. The number of carbonyl (C=O) groups is 1. The van der Waals surface area contributed by atoms with Gasteiger partial charge in [0.1, 0.15) is 5.82 Å². The zero-order valence-electron chi connectivity index (χ0n) is 13.8. The van der Waals surface area contributed by atoms with E-state index >= 15 is 0 Å². The molecule has 0 unspecified atom stereocenters. The lowest BCUT2D eigenvalue weighted by Crippen LogP contribution is -2.38. The third kappa shape index (κ3) is 5.17. The molecule has 8 heteroatoms. The van der Waals surface area contributed by atoms with Crippen molar-refractivity contribution in [3.05, 3.63) is 64.4 Å². The van der Waals surface area contributed by atoms with E-state index in [1.165, 1.54) is 28.6 Å². The molecule has 0 spiro atoms. The number of aryl methyl sites for hydroxylation is 1. The van der Waals surface area contributed by atoms with Gasteiger partial charge in [0.2, 0.25) is 10.0 Å². The van der Waals surface area contributed by atoms with E-state index in [-0.39, 0.29) is 13.1 Å². The molecule has 1 amide bonds. The molecule has 134 valence electrons. The van der Waals surface area contributed by atoms with E-state index in [1.54, 1.807) is 25.1 Å². The Bertz CT molecular complexity index is 870. The van der Waals surface area contributed by atoms with Gasteiger partial charge in [-0.2, -0.15) is 0 Å². The van der Waals surface area contributed by atoms with Crippen molar-refractivity contribution >= 4 is 33.2 Å². The highest BCUT2D eigenvalue weighted by Crippen LogP contribution is 2.25. The highest BCUT2D eigenvalue weighted by molar-refractivity contribution is 7.92. The third-order valence-corrected chi connectivity index (χ3v) is 4.95. The number of amides is 1. The van der Waals surface area contributed by atoms with Crippen LogP contribution in [0.4, 0.5) is 10.1 Å². The van der Waals surface area contributed by atoms with E-state index in [1.807, 2.05) is 0 Å². The maximum atomic E-state index is 12.9. The van der Waals surface area contributed by atoms with Gasteiger partial charge in [0, 0.05) is 17.1 Å². The number of rotatable bonds is 6. The number of nitrogens with zero attached hydrogens (tertiary/aromatic N) is 1. The van der Waals surface area contributed by atoms with E-state index in [2.05, 4.69) is 5.32 Å². The van der Waals surface area contributed by atoms with Crippen LogP contribution in [0.5, 0.6) is 0 Å². The van der Waals surface area contributed by atoms with Crippen LogP contribution < -0.4 is 9.62 Å². The molecule has 0 aliphatic rings. The number of carbonyl (C=O) groups excluding carboxylic acids is 1. The topological polar surface area (TPSA) is 66.5 Å². The minimum absolute atomic E-state index is 0.0637. The van der Waals surface area contributed by atoms with Crippen LogP contribution in [0.1, 0.15) is 15.9 Å². The van der Waals surface area contributed by atoms with E-state index in [9.17, 15) is 17.6 Å². The minimum Gasteiger partial charge on any atom is -0.350 e. The summed E-state index contributed by atoms with van der Waals surface area (Å²) >= 11 is 5.91. The largest absolute Gasteiger partial charge is 0.350 e. The summed E-state index contributed by atoms with van der Waals surface area (Å²) in [6, 6.07) is 10.0. The van der Waals surface area contributed by atoms with Gasteiger partial charge in [-0.15, -0.1) is 0 Å². The van der Waals surface area contributed by atoms with Crippen LogP contribution in [0.15, 0.2) is 42.5 Å². The Labute approximate surface area is 151 Å². The van der Waals surface area contributed by atoms with Crippen LogP contribution in [0, 0.1) is 12.7 Å². The van der Waals surface area contributed by atoms with Crippen molar-refractivity contribution in [3.8, 4) is 0 Å². The molecule has 0 saturated heterocycles. The van der Waals surface area contributed by atoms with Crippen molar-refractivity contribution < 1.29 is 17.6 Å². The summed E-state index contributed by atoms with van der Waals surface area (Å²) in [5.41, 5.74) is 1.51. The average molecular weight is 385 g/mol. The number of halogens is 2. The second-order valence-electron chi connectivity index (χ2n) is 5.53. The predicted octanol–water partition coefficient (Wildman–Crippen LogP) is 2.98. The zero-order chi connectivity index (χ0) is 18.6. The molecular formula is C17H18ClFN2O3S.